The van der Waals surface area contributed by atoms with E-state index in [0.29, 0.717) is 6.54 Å². The molecule has 1 aliphatic carbocycles. The van der Waals surface area contributed by atoms with Crippen LogP contribution in [0, 0.1) is 6.92 Å². The molecule has 0 radical (unpaired) electrons. The standard InChI is InChI=1S/C51H54N6/c1-8-12-15-25-34-55-39(6)45(29-14-10-3)53-50(55)41-35-40(38(5)56(43(11-4)26-13-9-2)48-32-23-21-30-46(48)52-7)36-42(37-41)51-54-47-31-22-24-33-49(47)57(51)44-27-19-17-16-18-20-28-44/h8-19,21-26,28-33,35-38,52H,2-3,20,27,34H2,1,4-7H3/b12-8-,18-16-,19-17-,25-15-,26-13-,29-14-,43-11+,44-28+. The van der Waals surface area contributed by atoms with Gasteiger partial charge >= 0.3 is 0 Å². The number of nitrogens with zero attached hydrogens (tertiary/aromatic N) is 5. The molecule has 5 aromatic rings. The molecule has 0 spiro atoms. The van der Waals surface area contributed by atoms with Crippen LogP contribution in [0.15, 0.2) is 177 Å². The number of anilines is 2. The van der Waals surface area contributed by atoms with Crippen molar-refractivity contribution in [3.8, 4) is 22.8 Å². The Morgan fingerprint density at radius 3 is 2.42 bits per heavy atom. The van der Waals surface area contributed by atoms with E-state index in [1.165, 1.54) is 5.70 Å². The van der Waals surface area contributed by atoms with Gasteiger partial charge in [-0.15, -0.1) is 0 Å². The fourth-order valence-corrected chi connectivity index (χ4v) is 7.32. The maximum absolute atomic E-state index is 5.38. The first-order valence-corrected chi connectivity index (χ1v) is 19.7. The van der Waals surface area contributed by atoms with Gasteiger partial charge in [0, 0.05) is 48.2 Å². The zero-order valence-corrected chi connectivity index (χ0v) is 33.9. The third kappa shape index (κ3) is 8.92. The number of para-hydroxylation sites is 4. The normalized spacial score (nSPS) is 16.2. The third-order valence-corrected chi connectivity index (χ3v) is 10.2. The first-order valence-electron chi connectivity index (χ1n) is 19.7. The summed E-state index contributed by atoms with van der Waals surface area (Å²) in [6.07, 6.45) is 34.8. The van der Waals surface area contributed by atoms with Crippen LogP contribution in [0.25, 0.3) is 45.6 Å². The molecule has 3 aromatic carbocycles. The largest absolute Gasteiger partial charge is 0.386 e. The minimum absolute atomic E-state index is 0.121. The van der Waals surface area contributed by atoms with Gasteiger partial charge in [0.15, 0.2) is 0 Å². The van der Waals surface area contributed by atoms with E-state index in [1.807, 2.05) is 44.4 Å². The number of nitrogens with one attached hydrogen (secondary N) is 1. The van der Waals surface area contributed by atoms with E-state index in [0.717, 1.165) is 80.7 Å². The predicted octanol–water partition coefficient (Wildman–Crippen LogP) is 13.2. The second kappa shape index (κ2) is 19.3. The summed E-state index contributed by atoms with van der Waals surface area (Å²) < 4.78 is 4.65. The summed E-state index contributed by atoms with van der Waals surface area (Å²) in [6, 6.07) is 23.7. The fourth-order valence-electron chi connectivity index (χ4n) is 7.32. The molecule has 288 valence electrons. The molecule has 0 saturated heterocycles. The molecule has 57 heavy (non-hydrogen) atoms. The van der Waals surface area contributed by atoms with E-state index >= 15 is 0 Å². The summed E-state index contributed by atoms with van der Waals surface area (Å²) in [5.41, 5.74) is 11.5. The molecular weight excluding hydrogens is 697 g/mol. The van der Waals surface area contributed by atoms with Crippen LogP contribution in [0.1, 0.15) is 56.6 Å². The van der Waals surface area contributed by atoms with Crippen LogP contribution >= 0.6 is 0 Å². The van der Waals surface area contributed by atoms with Gasteiger partial charge in [-0.1, -0.05) is 122 Å². The highest BCUT2D eigenvalue weighted by molar-refractivity contribution is 5.86. The maximum atomic E-state index is 5.38. The fraction of sp³-hybridized carbons (Fsp3) is 0.176. The molecule has 2 aromatic heterocycles. The maximum Gasteiger partial charge on any atom is 0.145 e. The van der Waals surface area contributed by atoms with Gasteiger partial charge in [0.25, 0.3) is 0 Å². The Bertz CT molecular complexity index is 2470. The summed E-state index contributed by atoms with van der Waals surface area (Å²) in [5, 5.41) is 3.44. The molecule has 6 heteroatoms. The van der Waals surface area contributed by atoms with Crippen LogP contribution in [0.2, 0.25) is 0 Å². The van der Waals surface area contributed by atoms with Crippen molar-refractivity contribution in [2.24, 2.45) is 0 Å². The number of hydrogen-bond donors (Lipinski definition) is 1. The lowest BCUT2D eigenvalue weighted by Gasteiger charge is -2.34. The summed E-state index contributed by atoms with van der Waals surface area (Å²) in [6.45, 7) is 17.1. The highest BCUT2D eigenvalue weighted by atomic mass is 15.2. The molecule has 0 aliphatic heterocycles. The van der Waals surface area contributed by atoms with Crippen molar-refractivity contribution >= 4 is 34.2 Å². The average molecular weight is 751 g/mol. The van der Waals surface area contributed by atoms with Gasteiger partial charge in [0.05, 0.1) is 34.1 Å². The topological polar surface area (TPSA) is 50.9 Å². The Balaban J connectivity index is 1.67. The van der Waals surface area contributed by atoms with Crippen LogP contribution in [0.5, 0.6) is 0 Å². The van der Waals surface area contributed by atoms with Gasteiger partial charge < -0.3 is 14.8 Å². The van der Waals surface area contributed by atoms with Crippen molar-refractivity contribution in [2.45, 2.75) is 53.1 Å². The first kappa shape index (κ1) is 40.0. The number of allylic oxidation sites excluding steroid dienone is 16. The summed E-state index contributed by atoms with van der Waals surface area (Å²) >= 11 is 0. The first-order chi connectivity index (χ1) is 27.9. The SMILES string of the molecule is C=C/C=C\C(=C/C)N(c1ccccc1NC)C(C)c1cc(-c2nc(/C=C\C=C)c(C)n2C/C=C\C=C/C)cc(-c2nc3ccccc3n2/C2=C/C/C=C\C=C/C2)c1. The highest BCUT2D eigenvalue weighted by Gasteiger charge is 2.25. The Morgan fingerprint density at radius 2 is 1.65 bits per heavy atom. The molecule has 0 fully saturated rings. The van der Waals surface area contributed by atoms with E-state index in [9.17, 15) is 0 Å². The smallest absolute Gasteiger partial charge is 0.145 e. The Labute approximate surface area is 339 Å². The predicted molar refractivity (Wildman–Crippen MR) is 246 cm³/mol. The molecule has 1 atom stereocenters. The molecule has 1 aliphatic rings. The van der Waals surface area contributed by atoms with Gasteiger partial charge in [-0.25, -0.2) is 9.97 Å². The minimum atomic E-state index is -0.121. The number of fused-ring (bicyclic) bond motifs is 1. The van der Waals surface area contributed by atoms with E-state index in [2.05, 4.69) is 181 Å². The van der Waals surface area contributed by atoms with Gasteiger partial charge in [-0.3, -0.25) is 4.57 Å². The lowest BCUT2D eigenvalue weighted by molar-refractivity contribution is 0.748. The van der Waals surface area contributed by atoms with Crippen molar-refractivity contribution in [3.63, 3.8) is 0 Å². The van der Waals surface area contributed by atoms with Gasteiger partial charge in [0.2, 0.25) is 0 Å². The molecular formula is C51H54N6. The van der Waals surface area contributed by atoms with Crippen LogP contribution in [-0.2, 0) is 6.54 Å². The lowest BCUT2D eigenvalue weighted by atomic mass is 9.97. The number of benzene rings is 3. The molecule has 0 bridgehead atoms. The van der Waals surface area contributed by atoms with Gasteiger partial charge in [0.1, 0.15) is 11.6 Å². The van der Waals surface area contributed by atoms with Crippen molar-refractivity contribution in [1.82, 2.24) is 19.1 Å². The van der Waals surface area contributed by atoms with Crippen LogP contribution < -0.4 is 10.2 Å². The van der Waals surface area contributed by atoms with Crippen LogP contribution in [-0.4, -0.2) is 26.1 Å². The molecule has 1 N–H and O–H groups in total. The number of imidazole rings is 2. The highest BCUT2D eigenvalue weighted by Crippen LogP contribution is 2.40. The molecule has 2 heterocycles. The van der Waals surface area contributed by atoms with Crippen LogP contribution in [0.4, 0.5) is 11.4 Å². The van der Waals surface area contributed by atoms with E-state index in [-0.39, 0.29) is 6.04 Å². The van der Waals surface area contributed by atoms with Gasteiger partial charge in [-0.2, -0.15) is 0 Å². The molecule has 1 unspecified atom stereocenters. The second-order valence-corrected chi connectivity index (χ2v) is 13.8. The molecule has 0 amide bonds. The monoisotopic (exact) mass is 750 g/mol. The number of rotatable bonds is 15. The molecule has 6 rings (SSSR count). The van der Waals surface area contributed by atoms with Crippen LogP contribution in [0.3, 0.4) is 0 Å². The Morgan fingerprint density at radius 1 is 0.895 bits per heavy atom. The van der Waals surface area contributed by atoms with Crippen molar-refractivity contribution in [2.75, 3.05) is 17.3 Å². The summed E-state index contributed by atoms with van der Waals surface area (Å²) in [4.78, 5) is 13.1. The minimum Gasteiger partial charge on any atom is -0.386 e. The Hall–Kier alpha value is -6.66. The zero-order chi connectivity index (χ0) is 40.1. The molecule has 6 nitrogen and oxygen atoms in total. The van der Waals surface area contributed by atoms with E-state index in [1.54, 1.807) is 6.08 Å². The zero-order valence-electron chi connectivity index (χ0n) is 33.9. The Kier molecular flexibility index (Phi) is 13.5. The average Bonchev–Trinajstić information content (AvgIpc) is 3.77. The van der Waals surface area contributed by atoms with Gasteiger partial charge in [-0.05, 0) is 94.3 Å². The van der Waals surface area contributed by atoms with Crippen molar-refractivity contribution < 1.29 is 0 Å². The summed E-state index contributed by atoms with van der Waals surface area (Å²) in [5.74, 6) is 1.78. The summed E-state index contributed by atoms with van der Waals surface area (Å²) in [7, 11) is 1.97. The van der Waals surface area contributed by atoms with Crippen molar-refractivity contribution in [1.29, 1.82) is 0 Å². The quantitative estimate of drug-likeness (QED) is 0.108. The van der Waals surface area contributed by atoms with E-state index in [4.69, 9.17) is 9.97 Å². The second-order valence-electron chi connectivity index (χ2n) is 13.8. The number of hydrogen-bond acceptors (Lipinski definition) is 4. The molecule has 0 saturated carbocycles. The van der Waals surface area contributed by atoms with Crippen molar-refractivity contribution in [3.05, 3.63) is 194 Å². The van der Waals surface area contributed by atoms with E-state index < -0.39 is 0 Å². The third-order valence-electron chi connectivity index (χ3n) is 10.2. The number of aromatic nitrogens is 4. The lowest BCUT2D eigenvalue weighted by Crippen LogP contribution is -2.26.